The minimum atomic E-state index is -0.0773. The third-order valence-corrected chi connectivity index (χ3v) is 6.20. The Morgan fingerprint density at radius 3 is 2.71 bits per heavy atom. The lowest BCUT2D eigenvalue weighted by Gasteiger charge is -2.06. The number of rotatable bonds is 3. The number of hydrogen-bond donors (Lipinski definition) is 0. The predicted molar refractivity (Wildman–Crippen MR) is 100 cm³/mol. The van der Waals surface area contributed by atoms with Gasteiger partial charge >= 0.3 is 0 Å². The normalized spacial score (nSPS) is 11.6. The van der Waals surface area contributed by atoms with Crippen LogP contribution in [0.3, 0.4) is 0 Å². The summed E-state index contributed by atoms with van der Waals surface area (Å²) in [7, 11) is 1.89. The lowest BCUT2D eigenvalue weighted by atomic mass is 10.1. The van der Waals surface area contributed by atoms with E-state index in [9.17, 15) is 4.79 Å². The molecule has 0 radical (unpaired) electrons. The van der Waals surface area contributed by atoms with Gasteiger partial charge in [-0.2, -0.15) is 5.10 Å². The van der Waals surface area contributed by atoms with E-state index in [-0.39, 0.29) is 5.56 Å². The predicted octanol–water partition coefficient (Wildman–Crippen LogP) is 3.42. The second-order valence-electron chi connectivity index (χ2n) is 5.75. The van der Waals surface area contributed by atoms with Crippen molar-refractivity contribution in [2.45, 2.75) is 17.8 Å². The molecule has 4 rings (SSSR count). The Hall–Kier alpha value is -2.12. The largest absolute Gasteiger partial charge is 0.323 e. The zero-order valence-corrected chi connectivity index (χ0v) is 15.2. The summed E-state index contributed by atoms with van der Waals surface area (Å²) in [6, 6.07) is 8.16. The molecule has 1 aromatic carbocycles. The minimum Gasteiger partial charge on any atom is -0.323 e. The fraction of sp³-hybridized carbons (Fsp3) is 0.235. The lowest BCUT2D eigenvalue weighted by molar-refractivity contribution is 0.644. The third kappa shape index (κ3) is 2.35. The maximum atomic E-state index is 12.9. The highest BCUT2D eigenvalue weighted by Crippen LogP contribution is 2.34. The Balaban J connectivity index is 1.87. The van der Waals surface area contributed by atoms with E-state index in [0.29, 0.717) is 12.1 Å². The summed E-state index contributed by atoms with van der Waals surface area (Å²) in [5, 5.41) is 5.27. The topological polar surface area (TPSA) is 52.7 Å². The highest BCUT2D eigenvalue weighted by molar-refractivity contribution is 8.00. The van der Waals surface area contributed by atoms with E-state index in [2.05, 4.69) is 10.1 Å². The van der Waals surface area contributed by atoms with Crippen molar-refractivity contribution in [1.82, 2.24) is 19.3 Å². The van der Waals surface area contributed by atoms with E-state index in [1.165, 1.54) is 10.2 Å². The van der Waals surface area contributed by atoms with Crippen molar-refractivity contribution in [2.75, 3.05) is 6.26 Å². The number of thioether (sulfide) groups is 1. The number of nitrogens with zero attached hydrogens (tertiary/aromatic N) is 4. The minimum absolute atomic E-state index is 0.0773. The molecule has 0 atom stereocenters. The van der Waals surface area contributed by atoms with E-state index in [1.54, 1.807) is 29.3 Å². The standard InChI is InChI=1S/C17H16N4OS2/c1-10-4-6-11(7-5-10)9-21-16(22)13-12(8-18-21)14-15(20(13)2)19-17(23-3)24-14/h4-8H,9H2,1-3H3. The van der Waals surface area contributed by atoms with Gasteiger partial charge in [0, 0.05) is 12.4 Å². The summed E-state index contributed by atoms with van der Waals surface area (Å²) in [6.07, 6.45) is 3.79. The van der Waals surface area contributed by atoms with Gasteiger partial charge in [-0.05, 0) is 18.7 Å². The molecule has 0 N–H and O–H groups in total. The Labute approximate surface area is 146 Å². The number of hydrogen-bond acceptors (Lipinski definition) is 5. The van der Waals surface area contributed by atoms with Crippen LogP contribution in [0, 0.1) is 6.92 Å². The van der Waals surface area contributed by atoms with Gasteiger partial charge < -0.3 is 4.57 Å². The summed E-state index contributed by atoms with van der Waals surface area (Å²) >= 11 is 3.23. The van der Waals surface area contributed by atoms with Crippen LogP contribution in [0.25, 0.3) is 21.3 Å². The Morgan fingerprint density at radius 2 is 2.00 bits per heavy atom. The first-order chi connectivity index (χ1) is 11.6. The van der Waals surface area contributed by atoms with E-state index in [4.69, 9.17) is 0 Å². The fourth-order valence-electron chi connectivity index (χ4n) is 2.84. The monoisotopic (exact) mass is 356 g/mol. The van der Waals surface area contributed by atoms with E-state index in [0.717, 1.165) is 25.6 Å². The maximum absolute atomic E-state index is 12.9. The average Bonchev–Trinajstić information content (AvgIpc) is 3.11. The fourth-order valence-corrected chi connectivity index (χ4v) is 4.44. The molecule has 3 aromatic heterocycles. The van der Waals surface area contributed by atoms with Crippen LogP contribution in [0.1, 0.15) is 11.1 Å². The van der Waals surface area contributed by atoms with Crippen LogP contribution in [0.15, 0.2) is 39.6 Å². The summed E-state index contributed by atoms with van der Waals surface area (Å²) in [5.41, 5.74) is 3.71. The van der Waals surface area contributed by atoms with Gasteiger partial charge in [-0.15, -0.1) is 11.3 Å². The molecule has 0 unspecified atom stereocenters. The van der Waals surface area contributed by atoms with Gasteiger partial charge in [-0.25, -0.2) is 9.67 Å². The van der Waals surface area contributed by atoms with Crippen LogP contribution >= 0.6 is 23.1 Å². The first-order valence-corrected chi connectivity index (χ1v) is 9.57. The SMILES string of the molecule is CSc1nc2c(s1)c1cnn(Cc3ccc(C)cc3)c(=O)c1n2C. The number of benzene rings is 1. The van der Waals surface area contributed by atoms with Gasteiger partial charge in [0.1, 0.15) is 5.52 Å². The average molecular weight is 356 g/mol. The van der Waals surface area contributed by atoms with Crippen LogP contribution in [0.4, 0.5) is 0 Å². The lowest BCUT2D eigenvalue weighted by Crippen LogP contribution is -2.24. The molecule has 0 aliphatic carbocycles. The van der Waals surface area contributed by atoms with Crippen molar-refractivity contribution in [2.24, 2.45) is 7.05 Å². The van der Waals surface area contributed by atoms with Crippen LogP contribution < -0.4 is 5.56 Å². The molecule has 0 bridgehead atoms. The van der Waals surface area contributed by atoms with E-state index < -0.39 is 0 Å². The number of aryl methyl sites for hydroxylation is 2. The van der Waals surface area contributed by atoms with Crippen molar-refractivity contribution in [3.63, 3.8) is 0 Å². The van der Waals surface area contributed by atoms with E-state index >= 15 is 0 Å². The Kier molecular flexibility index (Phi) is 3.69. The Morgan fingerprint density at radius 1 is 1.25 bits per heavy atom. The first-order valence-electron chi connectivity index (χ1n) is 7.53. The summed E-state index contributed by atoms with van der Waals surface area (Å²) in [6.45, 7) is 2.52. The van der Waals surface area contributed by atoms with Gasteiger partial charge in [0.05, 0.1) is 17.4 Å². The molecule has 4 aromatic rings. The second-order valence-corrected chi connectivity index (χ2v) is 7.80. The molecule has 0 saturated heterocycles. The molecule has 24 heavy (non-hydrogen) atoms. The van der Waals surface area contributed by atoms with Gasteiger partial charge in [-0.3, -0.25) is 4.79 Å². The van der Waals surface area contributed by atoms with Crippen molar-refractivity contribution in [3.05, 3.63) is 51.9 Å². The molecular formula is C17H16N4OS2. The number of aromatic nitrogens is 4. The zero-order chi connectivity index (χ0) is 16.8. The quantitative estimate of drug-likeness (QED) is 0.528. The molecule has 122 valence electrons. The second kappa shape index (κ2) is 5.75. The van der Waals surface area contributed by atoms with Crippen LogP contribution in [0.5, 0.6) is 0 Å². The zero-order valence-electron chi connectivity index (χ0n) is 13.6. The molecule has 0 spiro atoms. The summed E-state index contributed by atoms with van der Waals surface area (Å²) < 4.78 is 5.44. The van der Waals surface area contributed by atoms with Crippen LogP contribution in [-0.4, -0.2) is 25.6 Å². The molecule has 0 aliphatic rings. The molecule has 0 amide bonds. The molecule has 3 heterocycles. The maximum Gasteiger partial charge on any atom is 0.291 e. The first kappa shape index (κ1) is 15.4. The van der Waals surface area contributed by atoms with Crippen molar-refractivity contribution >= 4 is 44.3 Å². The van der Waals surface area contributed by atoms with Gasteiger partial charge in [-0.1, -0.05) is 41.6 Å². The smallest absolute Gasteiger partial charge is 0.291 e. The van der Waals surface area contributed by atoms with E-state index in [1.807, 2.05) is 49.1 Å². The van der Waals surface area contributed by atoms with Crippen LogP contribution in [0.2, 0.25) is 0 Å². The summed E-state index contributed by atoms with van der Waals surface area (Å²) in [5.74, 6) is 0. The molecule has 0 aliphatic heterocycles. The molecule has 7 heteroatoms. The Bertz CT molecular complexity index is 1110. The van der Waals surface area contributed by atoms with Crippen molar-refractivity contribution < 1.29 is 0 Å². The number of fused-ring (bicyclic) bond motifs is 3. The number of thiazole rings is 1. The van der Waals surface area contributed by atoms with Gasteiger partial charge in [0.15, 0.2) is 9.99 Å². The van der Waals surface area contributed by atoms with Crippen LogP contribution in [-0.2, 0) is 13.6 Å². The van der Waals surface area contributed by atoms with Crippen molar-refractivity contribution in [1.29, 1.82) is 0 Å². The highest BCUT2D eigenvalue weighted by Gasteiger charge is 2.17. The van der Waals surface area contributed by atoms with Crippen molar-refractivity contribution in [3.8, 4) is 0 Å². The molecular weight excluding hydrogens is 340 g/mol. The highest BCUT2D eigenvalue weighted by atomic mass is 32.2. The molecule has 0 saturated carbocycles. The van der Waals surface area contributed by atoms with Gasteiger partial charge in [0.25, 0.3) is 5.56 Å². The van der Waals surface area contributed by atoms with Gasteiger partial charge in [0.2, 0.25) is 0 Å². The molecule has 5 nitrogen and oxygen atoms in total. The third-order valence-electron chi connectivity index (χ3n) is 4.13. The molecule has 0 fully saturated rings. The summed E-state index contributed by atoms with van der Waals surface area (Å²) in [4.78, 5) is 17.5.